The first kappa shape index (κ1) is 29.6. The summed E-state index contributed by atoms with van der Waals surface area (Å²) in [4.78, 5) is 15.7. The molecule has 1 fully saturated rings. The van der Waals surface area contributed by atoms with Gasteiger partial charge < -0.3 is 34.1 Å². The van der Waals surface area contributed by atoms with Crippen LogP contribution in [-0.4, -0.2) is 59.8 Å². The second-order valence-electron chi connectivity index (χ2n) is 8.45. The van der Waals surface area contributed by atoms with Crippen LogP contribution in [0.5, 0.6) is 23.0 Å². The molecule has 0 spiro atoms. The van der Waals surface area contributed by atoms with Crippen LogP contribution in [0, 0.1) is 0 Å². The number of methoxy groups -OCH3 is 2. The molecule has 1 saturated heterocycles. The molecular formula is C24H25F3N3O8PS. The van der Waals surface area contributed by atoms with Gasteiger partial charge in [0.15, 0.2) is 18.0 Å². The molecule has 2 heterocycles. The summed E-state index contributed by atoms with van der Waals surface area (Å²) in [5, 5.41) is 10.6. The number of nitrogens with two attached hydrogens (primary N) is 1. The normalized spacial score (nSPS) is 22.7. The van der Waals surface area contributed by atoms with Crippen LogP contribution < -0.4 is 29.9 Å². The molecule has 2 aromatic carbocycles. The van der Waals surface area contributed by atoms with E-state index in [0.717, 1.165) is 12.3 Å². The molecular weight excluding hydrogens is 578 g/mol. The van der Waals surface area contributed by atoms with Gasteiger partial charge in [0.05, 0.1) is 20.8 Å². The Balaban J connectivity index is 1.64. The van der Waals surface area contributed by atoms with Gasteiger partial charge in [-0.1, -0.05) is 0 Å². The molecule has 1 aliphatic rings. The number of aliphatic hydroxyl groups is 1. The summed E-state index contributed by atoms with van der Waals surface area (Å²) in [6.45, 7) is -5.15. The summed E-state index contributed by atoms with van der Waals surface area (Å²) in [5.41, 5.74) is 1.42. The number of anilines is 1. The summed E-state index contributed by atoms with van der Waals surface area (Å²) >= 11 is 5.51. The zero-order chi connectivity index (χ0) is 29.1. The standard InChI is InChI=1S/C24H25F3N3O8PS/c1-33-14-3-7-16(8-4-14)37-39(40,38-17-9-5-15(34-2)6-10-17)35-13-24(22(26)27)20(31)19(25)21(36-24)30-12-11-18(28)29-23(30)32/h3-12,19-22,31H,13H2,1-2H3,(H2,28,29,32)/t19?,20?,21-,24-/m1/s1. The molecule has 0 aliphatic carbocycles. The van der Waals surface area contributed by atoms with E-state index in [9.17, 15) is 18.7 Å². The number of rotatable bonds is 11. The first-order valence-electron chi connectivity index (χ1n) is 11.5. The maximum atomic E-state index is 15.2. The van der Waals surface area contributed by atoms with Gasteiger partial charge in [-0.2, -0.15) is 4.98 Å². The summed E-state index contributed by atoms with van der Waals surface area (Å²) in [5.74, 6) is 1.13. The maximum absolute atomic E-state index is 15.2. The quantitative estimate of drug-likeness (QED) is 0.312. The molecule has 2 unspecified atom stereocenters. The monoisotopic (exact) mass is 603 g/mol. The van der Waals surface area contributed by atoms with Gasteiger partial charge in [-0.05, 0) is 54.6 Å². The highest BCUT2D eigenvalue weighted by atomic mass is 32.5. The van der Waals surface area contributed by atoms with Crippen molar-refractivity contribution in [2.75, 3.05) is 26.6 Å². The molecule has 0 bridgehead atoms. The lowest BCUT2D eigenvalue weighted by atomic mass is 9.97. The Kier molecular flexibility index (Phi) is 8.90. The fourth-order valence-electron chi connectivity index (χ4n) is 3.76. The van der Waals surface area contributed by atoms with Crippen molar-refractivity contribution in [3.05, 3.63) is 71.3 Å². The fourth-order valence-corrected chi connectivity index (χ4v) is 5.70. The van der Waals surface area contributed by atoms with E-state index in [-0.39, 0.29) is 17.3 Å². The number of nitrogen functional groups attached to an aromatic ring is 1. The average molecular weight is 604 g/mol. The summed E-state index contributed by atoms with van der Waals surface area (Å²) < 4.78 is 77.5. The van der Waals surface area contributed by atoms with Gasteiger partial charge in [0.2, 0.25) is 0 Å². The van der Waals surface area contributed by atoms with Crippen molar-refractivity contribution < 1.29 is 46.1 Å². The summed E-state index contributed by atoms with van der Waals surface area (Å²) in [6, 6.07) is 13.3. The number of hydrogen-bond acceptors (Lipinski definition) is 11. The van der Waals surface area contributed by atoms with E-state index in [1.54, 1.807) is 24.3 Å². The highest BCUT2D eigenvalue weighted by molar-refractivity contribution is 8.07. The van der Waals surface area contributed by atoms with Crippen molar-refractivity contribution in [3.8, 4) is 23.0 Å². The molecule has 0 saturated carbocycles. The van der Waals surface area contributed by atoms with Crippen LogP contribution in [0.1, 0.15) is 6.23 Å². The first-order chi connectivity index (χ1) is 19.0. The van der Waals surface area contributed by atoms with E-state index >= 15 is 4.39 Å². The minimum Gasteiger partial charge on any atom is -0.497 e. The summed E-state index contributed by atoms with van der Waals surface area (Å²) in [7, 11) is 2.93. The van der Waals surface area contributed by atoms with Crippen LogP contribution >= 0.6 is 6.72 Å². The molecule has 0 radical (unpaired) electrons. The molecule has 40 heavy (non-hydrogen) atoms. The number of benzene rings is 2. The van der Waals surface area contributed by atoms with Crippen LogP contribution in [0.3, 0.4) is 0 Å². The van der Waals surface area contributed by atoms with Gasteiger partial charge in [-0.3, -0.25) is 9.09 Å². The number of nitrogens with zero attached hydrogens (tertiary/aromatic N) is 2. The molecule has 16 heteroatoms. The molecule has 1 aliphatic heterocycles. The number of hydrogen-bond donors (Lipinski definition) is 2. The number of halogens is 3. The van der Waals surface area contributed by atoms with Gasteiger partial charge in [0.25, 0.3) is 6.43 Å². The Hall–Kier alpha value is -3.36. The second-order valence-corrected chi connectivity index (χ2v) is 11.3. The average Bonchev–Trinajstić information content (AvgIpc) is 3.19. The number of ether oxygens (including phenoxy) is 3. The molecule has 11 nitrogen and oxygen atoms in total. The SMILES string of the molecule is COc1ccc(OP(=S)(OC[C@@]2(C(F)F)O[C@@H](n3ccc(N)nc3=O)C(F)C2O)Oc2ccc(OC)cc2)cc1. The Labute approximate surface area is 231 Å². The van der Waals surface area contributed by atoms with E-state index in [0.29, 0.717) is 16.1 Å². The molecule has 1 aromatic heterocycles. The van der Waals surface area contributed by atoms with E-state index in [2.05, 4.69) is 4.98 Å². The Bertz CT molecular complexity index is 1360. The molecule has 3 aromatic rings. The molecule has 216 valence electrons. The second kappa shape index (κ2) is 12.0. The minimum atomic E-state index is -3.99. The smallest absolute Gasteiger partial charge is 0.435 e. The molecule has 0 amide bonds. The van der Waals surface area contributed by atoms with Crippen molar-refractivity contribution >= 4 is 24.3 Å². The first-order valence-corrected chi connectivity index (χ1v) is 14.1. The number of aromatic nitrogens is 2. The van der Waals surface area contributed by atoms with Crippen LogP contribution in [0.2, 0.25) is 0 Å². The van der Waals surface area contributed by atoms with E-state index in [4.69, 9.17) is 45.3 Å². The fraction of sp³-hybridized carbons (Fsp3) is 0.333. The van der Waals surface area contributed by atoms with Crippen LogP contribution in [0.4, 0.5) is 19.0 Å². The van der Waals surface area contributed by atoms with Gasteiger partial charge in [0.1, 0.15) is 34.9 Å². The Morgan fingerprint density at radius 1 is 1.05 bits per heavy atom. The highest BCUT2D eigenvalue weighted by Gasteiger charge is 2.62. The van der Waals surface area contributed by atoms with Crippen molar-refractivity contribution in [1.29, 1.82) is 0 Å². The van der Waals surface area contributed by atoms with Crippen LogP contribution in [-0.2, 0) is 21.1 Å². The van der Waals surface area contributed by atoms with Crippen molar-refractivity contribution in [1.82, 2.24) is 9.55 Å². The van der Waals surface area contributed by atoms with Gasteiger partial charge in [0, 0.05) is 18.0 Å². The maximum Gasteiger partial charge on any atom is 0.435 e. The minimum absolute atomic E-state index is 0.150. The van der Waals surface area contributed by atoms with E-state index in [1.165, 1.54) is 38.5 Å². The predicted octanol–water partition coefficient (Wildman–Crippen LogP) is 3.47. The van der Waals surface area contributed by atoms with Crippen molar-refractivity contribution in [2.24, 2.45) is 0 Å². The Morgan fingerprint density at radius 2 is 1.55 bits per heavy atom. The highest BCUT2D eigenvalue weighted by Crippen LogP contribution is 2.53. The van der Waals surface area contributed by atoms with Gasteiger partial charge >= 0.3 is 12.4 Å². The molecule has 3 N–H and O–H groups in total. The topological polar surface area (TPSA) is 137 Å². The van der Waals surface area contributed by atoms with Crippen molar-refractivity contribution in [2.45, 2.75) is 30.5 Å². The van der Waals surface area contributed by atoms with E-state index < -0.39 is 49.5 Å². The number of aliphatic hydroxyl groups excluding tert-OH is 1. The zero-order valence-corrected chi connectivity index (χ0v) is 22.8. The zero-order valence-electron chi connectivity index (χ0n) is 21.1. The van der Waals surface area contributed by atoms with Crippen molar-refractivity contribution in [3.63, 3.8) is 0 Å². The Morgan fingerprint density at radius 3 is 2.00 bits per heavy atom. The molecule has 4 atom stereocenters. The lowest BCUT2D eigenvalue weighted by Gasteiger charge is -2.32. The third-order valence-electron chi connectivity index (χ3n) is 5.91. The van der Waals surface area contributed by atoms with Crippen LogP contribution in [0.25, 0.3) is 0 Å². The van der Waals surface area contributed by atoms with Gasteiger partial charge in [-0.15, -0.1) is 0 Å². The number of alkyl halides is 3. The molecule has 4 rings (SSSR count). The largest absolute Gasteiger partial charge is 0.497 e. The van der Waals surface area contributed by atoms with Gasteiger partial charge in [-0.25, -0.2) is 18.0 Å². The lowest BCUT2D eigenvalue weighted by Crippen LogP contribution is -2.52. The predicted molar refractivity (Wildman–Crippen MR) is 140 cm³/mol. The lowest BCUT2D eigenvalue weighted by molar-refractivity contribution is -0.192. The summed E-state index contributed by atoms with van der Waals surface area (Å²) in [6.07, 6.45) is -9.35. The third kappa shape index (κ3) is 6.18. The van der Waals surface area contributed by atoms with E-state index in [1.807, 2.05) is 0 Å². The third-order valence-corrected chi connectivity index (χ3v) is 7.99. The van der Waals surface area contributed by atoms with Crippen LogP contribution in [0.15, 0.2) is 65.6 Å².